The van der Waals surface area contributed by atoms with Crippen LogP contribution in [0.2, 0.25) is 0 Å². The van der Waals surface area contributed by atoms with Gasteiger partial charge in [-0.2, -0.15) is 0 Å². The number of aromatic nitrogens is 2. The van der Waals surface area contributed by atoms with E-state index in [4.69, 9.17) is 12.2 Å². The number of nitrogens with one attached hydrogen (secondary N) is 1. The first-order valence-corrected chi connectivity index (χ1v) is 4.54. The molecule has 1 N–H and O–H groups in total. The second kappa shape index (κ2) is 3.59. The van der Waals surface area contributed by atoms with Crippen molar-refractivity contribution in [3.63, 3.8) is 0 Å². The molecule has 0 atom stereocenters. The molecule has 0 aliphatic rings. The largest absolute Gasteiger partial charge is 0.337 e. The molecule has 0 saturated heterocycles. The molecule has 4 heteroatoms. The number of carbonyl (C=O) groups is 1. The zero-order valence-corrected chi connectivity index (χ0v) is 8.12. The number of hydrogen-bond acceptors (Lipinski definition) is 2. The van der Waals surface area contributed by atoms with Crippen LogP contribution < -0.4 is 0 Å². The number of benzene rings is 1. The van der Waals surface area contributed by atoms with Crippen molar-refractivity contribution in [3.8, 4) is 5.69 Å². The Morgan fingerprint density at radius 1 is 1.43 bits per heavy atom. The zero-order chi connectivity index (χ0) is 9.97. The number of aldehydes is 1. The molecule has 0 radical (unpaired) electrons. The topological polar surface area (TPSA) is 37.8 Å². The summed E-state index contributed by atoms with van der Waals surface area (Å²) in [5.74, 6) is 0. The molecule has 0 aliphatic carbocycles. The molecule has 0 bridgehead atoms. The van der Waals surface area contributed by atoms with Crippen LogP contribution in [0.1, 0.15) is 10.4 Å². The van der Waals surface area contributed by atoms with E-state index in [2.05, 4.69) is 4.98 Å². The zero-order valence-electron chi connectivity index (χ0n) is 7.31. The maximum Gasteiger partial charge on any atom is 0.181 e. The van der Waals surface area contributed by atoms with Gasteiger partial charge in [0.15, 0.2) is 4.77 Å². The van der Waals surface area contributed by atoms with Crippen LogP contribution in [0.15, 0.2) is 36.7 Å². The molecule has 1 aromatic heterocycles. The van der Waals surface area contributed by atoms with Crippen LogP contribution in [-0.2, 0) is 0 Å². The summed E-state index contributed by atoms with van der Waals surface area (Å²) < 4.78 is 2.43. The molecular weight excluding hydrogens is 196 g/mol. The highest BCUT2D eigenvalue weighted by Crippen LogP contribution is 2.09. The van der Waals surface area contributed by atoms with Gasteiger partial charge in [-0.1, -0.05) is 12.1 Å². The summed E-state index contributed by atoms with van der Waals surface area (Å²) in [5.41, 5.74) is 1.53. The van der Waals surface area contributed by atoms with Crippen molar-refractivity contribution in [2.24, 2.45) is 0 Å². The smallest absolute Gasteiger partial charge is 0.181 e. The second-order valence-corrected chi connectivity index (χ2v) is 3.23. The minimum atomic E-state index is 0.619. The molecule has 2 rings (SSSR count). The molecule has 0 amide bonds. The number of aromatic amines is 1. The molecule has 2 aromatic rings. The lowest BCUT2D eigenvalue weighted by Crippen LogP contribution is -1.93. The Labute approximate surface area is 86.0 Å². The normalized spacial score (nSPS) is 10.0. The quantitative estimate of drug-likeness (QED) is 0.602. The average molecular weight is 204 g/mol. The van der Waals surface area contributed by atoms with E-state index in [0.29, 0.717) is 10.3 Å². The third-order valence-electron chi connectivity index (χ3n) is 1.93. The van der Waals surface area contributed by atoms with Crippen LogP contribution >= 0.6 is 12.2 Å². The van der Waals surface area contributed by atoms with Gasteiger partial charge in [0.1, 0.15) is 6.29 Å². The first-order chi connectivity index (χ1) is 6.81. The summed E-state index contributed by atoms with van der Waals surface area (Å²) in [5, 5.41) is 0. The molecule has 14 heavy (non-hydrogen) atoms. The maximum atomic E-state index is 10.6. The average Bonchev–Trinajstić information content (AvgIpc) is 2.65. The van der Waals surface area contributed by atoms with E-state index in [1.54, 1.807) is 18.3 Å². The molecule has 3 nitrogen and oxygen atoms in total. The standard InChI is InChI=1S/C10H8N2OS/c13-7-8-2-1-3-9(6-8)12-5-4-11-10(12)14/h1-7H,(H,11,14). The van der Waals surface area contributed by atoms with E-state index in [0.717, 1.165) is 12.0 Å². The SMILES string of the molecule is O=Cc1cccc(-n2cc[nH]c2=S)c1. The number of rotatable bonds is 2. The predicted molar refractivity (Wildman–Crippen MR) is 56.3 cm³/mol. The summed E-state index contributed by atoms with van der Waals surface area (Å²) in [6.07, 6.45) is 4.40. The summed E-state index contributed by atoms with van der Waals surface area (Å²) in [6.45, 7) is 0. The number of carbonyl (C=O) groups excluding carboxylic acids is 1. The highest BCUT2D eigenvalue weighted by atomic mass is 32.1. The Hall–Kier alpha value is -1.68. The van der Waals surface area contributed by atoms with Gasteiger partial charge in [0, 0.05) is 23.6 Å². The van der Waals surface area contributed by atoms with Crippen LogP contribution in [-0.4, -0.2) is 15.8 Å². The van der Waals surface area contributed by atoms with Gasteiger partial charge < -0.3 is 4.98 Å². The van der Waals surface area contributed by atoms with E-state index < -0.39 is 0 Å². The fourth-order valence-electron chi connectivity index (χ4n) is 1.27. The number of imidazole rings is 1. The highest BCUT2D eigenvalue weighted by Gasteiger charge is 1.97. The molecule has 70 valence electrons. The van der Waals surface area contributed by atoms with Gasteiger partial charge in [-0.25, -0.2) is 0 Å². The van der Waals surface area contributed by atoms with E-state index >= 15 is 0 Å². The number of nitrogens with zero attached hydrogens (tertiary/aromatic N) is 1. The molecule has 0 fully saturated rings. The molecule has 0 unspecified atom stereocenters. The molecule has 1 heterocycles. The van der Waals surface area contributed by atoms with Gasteiger partial charge in [0.05, 0.1) is 0 Å². The van der Waals surface area contributed by atoms with Crippen molar-refractivity contribution in [2.75, 3.05) is 0 Å². The van der Waals surface area contributed by atoms with Gasteiger partial charge in [-0.15, -0.1) is 0 Å². The van der Waals surface area contributed by atoms with Crippen LogP contribution in [0.4, 0.5) is 0 Å². The fraction of sp³-hybridized carbons (Fsp3) is 0. The minimum absolute atomic E-state index is 0.619. The van der Waals surface area contributed by atoms with Crippen LogP contribution in [0.5, 0.6) is 0 Å². The van der Waals surface area contributed by atoms with E-state index in [-0.39, 0.29) is 0 Å². The van der Waals surface area contributed by atoms with Gasteiger partial charge in [0.2, 0.25) is 0 Å². The van der Waals surface area contributed by atoms with E-state index in [9.17, 15) is 4.79 Å². The van der Waals surface area contributed by atoms with Crippen molar-refractivity contribution >= 4 is 18.5 Å². The Morgan fingerprint density at radius 2 is 2.29 bits per heavy atom. The Balaban J connectivity index is 2.57. The minimum Gasteiger partial charge on any atom is -0.337 e. The lowest BCUT2D eigenvalue weighted by atomic mass is 10.2. The summed E-state index contributed by atoms with van der Waals surface area (Å²) in [6, 6.07) is 7.27. The van der Waals surface area contributed by atoms with Gasteiger partial charge in [0.25, 0.3) is 0 Å². The lowest BCUT2D eigenvalue weighted by Gasteiger charge is -2.01. The Bertz CT molecular complexity index is 513. The summed E-state index contributed by atoms with van der Waals surface area (Å²) in [4.78, 5) is 13.5. The van der Waals surface area contributed by atoms with Gasteiger partial charge >= 0.3 is 0 Å². The van der Waals surface area contributed by atoms with Crippen LogP contribution in [0.25, 0.3) is 5.69 Å². The first kappa shape index (κ1) is 8.90. The number of H-pyrrole nitrogens is 1. The molecule has 0 aliphatic heterocycles. The van der Waals surface area contributed by atoms with Crippen LogP contribution in [0, 0.1) is 4.77 Å². The van der Waals surface area contributed by atoms with Crippen LogP contribution in [0.3, 0.4) is 0 Å². The van der Waals surface area contributed by atoms with Gasteiger partial charge in [-0.3, -0.25) is 9.36 Å². The summed E-state index contributed by atoms with van der Waals surface area (Å²) in [7, 11) is 0. The monoisotopic (exact) mass is 204 g/mol. The highest BCUT2D eigenvalue weighted by molar-refractivity contribution is 7.71. The summed E-state index contributed by atoms with van der Waals surface area (Å²) >= 11 is 5.07. The third-order valence-corrected chi connectivity index (χ3v) is 2.25. The predicted octanol–water partition coefficient (Wildman–Crippen LogP) is 2.35. The molecule has 0 spiro atoms. The van der Waals surface area contributed by atoms with Crippen molar-refractivity contribution in [1.82, 2.24) is 9.55 Å². The maximum absolute atomic E-state index is 10.6. The van der Waals surface area contributed by atoms with Crippen molar-refractivity contribution in [1.29, 1.82) is 0 Å². The van der Waals surface area contributed by atoms with Gasteiger partial charge in [-0.05, 0) is 24.4 Å². The van der Waals surface area contributed by atoms with Crippen molar-refractivity contribution in [2.45, 2.75) is 0 Å². The number of hydrogen-bond donors (Lipinski definition) is 1. The van der Waals surface area contributed by atoms with E-state index in [1.807, 2.05) is 22.9 Å². The fourth-order valence-corrected chi connectivity index (χ4v) is 1.51. The first-order valence-electron chi connectivity index (χ1n) is 4.13. The van der Waals surface area contributed by atoms with E-state index in [1.165, 1.54) is 0 Å². The lowest BCUT2D eigenvalue weighted by molar-refractivity contribution is 0.112. The third kappa shape index (κ3) is 1.52. The molecule has 0 saturated carbocycles. The van der Waals surface area contributed by atoms with Crippen molar-refractivity contribution in [3.05, 3.63) is 47.0 Å². The Kier molecular flexibility index (Phi) is 2.28. The Morgan fingerprint density at radius 3 is 2.93 bits per heavy atom. The second-order valence-electron chi connectivity index (χ2n) is 2.85. The van der Waals surface area contributed by atoms with Crippen molar-refractivity contribution < 1.29 is 4.79 Å². The molecule has 1 aromatic carbocycles. The molecular formula is C10H8N2OS.